The first-order valence-corrected chi connectivity index (χ1v) is 3.15. The maximum atomic E-state index is 13.2. The van der Waals surface area contributed by atoms with Crippen LogP contribution in [0.5, 0.6) is 0 Å². The number of hydrogen-bond acceptors (Lipinski definition) is 1. The quantitative estimate of drug-likeness (QED) is 0.541. The molecule has 0 heterocycles. The third kappa shape index (κ3) is 2.78. The topological polar surface area (TPSA) is 3.24 Å². The first-order valence-electron chi connectivity index (χ1n) is 3.15. The monoisotopic (exact) mass is 143 g/mol. The summed E-state index contributed by atoms with van der Waals surface area (Å²) in [6, 6.07) is 0. The van der Waals surface area contributed by atoms with E-state index in [9.17, 15) is 4.39 Å². The van der Waals surface area contributed by atoms with Crippen molar-refractivity contribution in [2.75, 3.05) is 20.6 Å². The molecule has 2 heteroatoms. The Morgan fingerprint density at radius 3 is 1.90 bits per heavy atom. The van der Waals surface area contributed by atoms with E-state index in [0.29, 0.717) is 6.54 Å². The summed E-state index contributed by atoms with van der Waals surface area (Å²) in [5, 5.41) is 0. The predicted molar refractivity (Wildman–Crippen MR) is 42.8 cm³/mol. The second-order valence-corrected chi connectivity index (χ2v) is 2.57. The maximum absolute atomic E-state index is 13.2. The normalized spacial score (nSPS) is 11.6. The summed E-state index contributed by atoms with van der Waals surface area (Å²) in [6.07, 6.45) is 2.53. The fourth-order valence-corrected chi connectivity index (χ4v) is 0.697. The first-order chi connectivity index (χ1) is 4.54. The zero-order valence-electron chi connectivity index (χ0n) is 6.60. The van der Waals surface area contributed by atoms with Gasteiger partial charge in [-0.15, -0.1) is 0 Å². The van der Waals surface area contributed by atoms with Crippen molar-refractivity contribution < 1.29 is 4.39 Å². The van der Waals surface area contributed by atoms with E-state index in [2.05, 4.69) is 13.2 Å². The van der Waals surface area contributed by atoms with E-state index in [1.54, 1.807) is 19.0 Å². The Morgan fingerprint density at radius 1 is 1.40 bits per heavy atom. The molecule has 0 bridgehead atoms. The summed E-state index contributed by atoms with van der Waals surface area (Å²) in [7, 11) is 3.61. The van der Waals surface area contributed by atoms with Gasteiger partial charge in [0.05, 0.1) is 0 Å². The third-order valence-electron chi connectivity index (χ3n) is 1.24. The van der Waals surface area contributed by atoms with Crippen LogP contribution in [-0.2, 0) is 0 Å². The highest BCUT2D eigenvalue weighted by molar-refractivity contribution is 5.09. The first kappa shape index (κ1) is 9.37. The van der Waals surface area contributed by atoms with E-state index >= 15 is 0 Å². The van der Waals surface area contributed by atoms with E-state index in [4.69, 9.17) is 0 Å². The Labute approximate surface area is 61.8 Å². The summed E-state index contributed by atoms with van der Waals surface area (Å²) >= 11 is 0. The fraction of sp³-hybridized carbons (Fsp3) is 0.500. The van der Waals surface area contributed by atoms with Crippen molar-refractivity contribution in [3.63, 3.8) is 0 Å². The molecular formula is C8H14FN. The molecule has 0 unspecified atom stereocenters. The van der Waals surface area contributed by atoms with Crippen molar-refractivity contribution in [1.29, 1.82) is 0 Å². The highest BCUT2D eigenvalue weighted by Gasteiger charge is 2.21. The number of halogens is 1. The zero-order chi connectivity index (χ0) is 8.20. The molecule has 0 radical (unpaired) electrons. The van der Waals surface area contributed by atoms with E-state index in [1.807, 2.05) is 0 Å². The van der Waals surface area contributed by atoms with Gasteiger partial charge in [0, 0.05) is 6.54 Å². The molecule has 0 N–H and O–H groups in total. The molecule has 0 aliphatic rings. The van der Waals surface area contributed by atoms with Gasteiger partial charge in [-0.05, 0) is 26.2 Å². The highest BCUT2D eigenvalue weighted by Crippen LogP contribution is 2.13. The van der Waals surface area contributed by atoms with Crippen molar-refractivity contribution in [3.8, 4) is 0 Å². The minimum atomic E-state index is -1.44. The van der Waals surface area contributed by atoms with Gasteiger partial charge >= 0.3 is 0 Å². The molecular weight excluding hydrogens is 129 g/mol. The lowest BCUT2D eigenvalue weighted by Gasteiger charge is -2.20. The van der Waals surface area contributed by atoms with Gasteiger partial charge in [-0.1, -0.05) is 13.2 Å². The zero-order valence-corrected chi connectivity index (χ0v) is 6.60. The molecule has 0 aromatic heterocycles. The highest BCUT2D eigenvalue weighted by atomic mass is 19.1. The smallest absolute Gasteiger partial charge is 0.159 e. The molecule has 0 aliphatic carbocycles. The van der Waals surface area contributed by atoms with Gasteiger partial charge in [0.1, 0.15) is 0 Å². The van der Waals surface area contributed by atoms with Crippen LogP contribution >= 0.6 is 0 Å². The van der Waals surface area contributed by atoms with E-state index < -0.39 is 5.67 Å². The Bertz CT molecular complexity index is 121. The molecule has 0 fully saturated rings. The van der Waals surface area contributed by atoms with Crippen molar-refractivity contribution in [1.82, 2.24) is 4.90 Å². The van der Waals surface area contributed by atoms with Crippen LogP contribution in [0.1, 0.15) is 0 Å². The van der Waals surface area contributed by atoms with Crippen molar-refractivity contribution >= 4 is 0 Å². The lowest BCUT2D eigenvalue weighted by Crippen LogP contribution is -2.31. The number of rotatable bonds is 4. The molecule has 0 amide bonds. The van der Waals surface area contributed by atoms with E-state index in [1.165, 1.54) is 12.2 Å². The third-order valence-corrected chi connectivity index (χ3v) is 1.24. The molecule has 0 aromatic rings. The lowest BCUT2D eigenvalue weighted by atomic mass is 10.1. The molecule has 10 heavy (non-hydrogen) atoms. The minimum Gasteiger partial charge on any atom is -0.306 e. The van der Waals surface area contributed by atoms with Crippen LogP contribution in [0.2, 0.25) is 0 Å². The SMILES string of the molecule is C=CC(F)(C=C)CN(C)C. The average molecular weight is 143 g/mol. The summed E-state index contributed by atoms with van der Waals surface area (Å²) in [5.41, 5.74) is -1.44. The van der Waals surface area contributed by atoms with Crippen LogP contribution in [-0.4, -0.2) is 31.2 Å². The van der Waals surface area contributed by atoms with Crippen LogP contribution < -0.4 is 0 Å². The summed E-state index contributed by atoms with van der Waals surface area (Å²) in [6.45, 7) is 7.07. The van der Waals surface area contributed by atoms with Crippen molar-refractivity contribution in [2.24, 2.45) is 0 Å². The van der Waals surface area contributed by atoms with Crippen molar-refractivity contribution in [2.45, 2.75) is 5.67 Å². The molecule has 0 spiro atoms. The van der Waals surface area contributed by atoms with Crippen LogP contribution in [0, 0.1) is 0 Å². The van der Waals surface area contributed by atoms with Crippen LogP contribution in [0.3, 0.4) is 0 Å². The van der Waals surface area contributed by atoms with Crippen LogP contribution in [0.4, 0.5) is 4.39 Å². The van der Waals surface area contributed by atoms with Gasteiger partial charge in [0.25, 0.3) is 0 Å². The number of nitrogens with zero attached hydrogens (tertiary/aromatic N) is 1. The largest absolute Gasteiger partial charge is 0.306 e. The standard InChI is InChI=1S/C8H14FN/c1-5-8(9,6-2)7-10(3)4/h5-6H,1-2,7H2,3-4H3. The molecule has 0 saturated carbocycles. The molecule has 0 aliphatic heterocycles. The Balaban J connectivity index is 4.05. The molecule has 0 rings (SSSR count). The van der Waals surface area contributed by atoms with Crippen molar-refractivity contribution in [3.05, 3.63) is 25.3 Å². The van der Waals surface area contributed by atoms with Gasteiger partial charge in [0.15, 0.2) is 5.67 Å². The van der Waals surface area contributed by atoms with Gasteiger partial charge < -0.3 is 4.90 Å². The maximum Gasteiger partial charge on any atom is 0.159 e. The van der Waals surface area contributed by atoms with Gasteiger partial charge in [-0.2, -0.15) is 0 Å². The summed E-state index contributed by atoms with van der Waals surface area (Å²) in [5.74, 6) is 0. The fourth-order valence-electron chi connectivity index (χ4n) is 0.697. The van der Waals surface area contributed by atoms with E-state index in [0.717, 1.165) is 0 Å². The lowest BCUT2D eigenvalue weighted by molar-refractivity contribution is 0.220. The Morgan fingerprint density at radius 2 is 1.80 bits per heavy atom. The number of hydrogen-bond donors (Lipinski definition) is 0. The summed E-state index contributed by atoms with van der Waals surface area (Å²) in [4.78, 5) is 1.75. The predicted octanol–water partition coefficient (Wildman–Crippen LogP) is 1.63. The minimum absolute atomic E-state index is 0.306. The van der Waals surface area contributed by atoms with Gasteiger partial charge in [-0.3, -0.25) is 0 Å². The van der Waals surface area contributed by atoms with Crippen LogP contribution in [0.25, 0.3) is 0 Å². The summed E-state index contributed by atoms with van der Waals surface area (Å²) < 4.78 is 13.2. The van der Waals surface area contributed by atoms with E-state index in [-0.39, 0.29) is 0 Å². The van der Waals surface area contributed by atoms with Gasteiger partial charge in [-0.25, -0.2) is 4.39 Å². The Hall–Kier alpha value is -0.630. The molecule has 0 aromatic carbocycles. The number of alkyl halides is 1. The second kappa shape index (κ2) is 3.52. The second-order valence-electron chi connectivity index (χ2n) is 2.57. The van der Waals surface area contributed by atoms with Gasteiger partial charge in [0.2, 0.25) is 0 Å². The molecule has 1 nitrogen and oxygen atoms in total. The molecule has 0 atom stereocenters. The Kier molecular flexibility index (Phi) is 3.30. The molecule has 58 valence electrons. The molecule has 0 saturated heterocycles. The average Bonchev–Trinajstić information content (AvgIpc) is 1.87. The van der Waals surface area contributed by atoms with Crippen LogP contribution in [0.15, 0.2) is 25.3 Å².